The molecule has 1 spiro atoms. The van der Waals surface area contributed by atoms with Crippen LogP contribution in [0.2, 0.25) is 0 Å². The molecule has 188 valence electrons. The predicted octanol–water partition coefficient (Wildman–Crippen LogP) is 5.30. The Morgan fingerprint density at radius 2 is 2.03 bits per heavy atom. The van der Waals surface area contributed by atoms with Gasteiger partial charge in [0.05, 0.1) is 0 Å². The lowest BCUT2D eigenvalue weighted by Gasteiger charge is -2.58. The Labute approximate surface area is 218 Å². The lowest BCUT2D eigenvalue weighted by molar-refractivity contribution is -0.115. The van der Waals surface area contributed by atoms with Crippen LogP contribution in [-0.2, 0) is 11.2 Å². The van der Waals surface area contributed by atoms with E-state index in [9.17, 15) is 15.0 Å². The van der Waals surface area contributed by atoms with E-state index in [4.69, 9.17) is 0 Å². The summed E-state index contributed by atoms with van der Waals surface area (Å²) in [6, 6.07) is 11.0. The van der Waals surface area contributed by atoms with Crippen LogP contribution in [0.1, 0.15) is 68.9 Å². The van der Waals surface area contributed by atoms with Gasteiger partial charge in [0.1, 0.15) is 12.2 Å². The van der Waals surface area contributed by atoms with E-state index in [1.807, 2.05) is 18.3 Å². The van der Waals surface area contributed by atoms with Gasteiger partial charge in [-0.05, 0) is 85.3 Å². The lowest BCUT2D eigenvalue weighted by Crippen LogP contribution is -2.52. The molecule has 0 saturated heterocycles. The minimum atomic E-state index is -1.10. The molecule has 4 nitrogen and oxygen atoms in total. The minimum absolute atomic E-state index is 0.0778. The molecule has 1 aromatic heterocycles. The van der Waals surface area contributed by atoms with Gasteiger partial charge in [-0.15, -0.1) is 0 Å². The van der Waals surface area contributed by atoms with Crippen molar-refractivity contribution in [2.45, 2.75) is 69.8 Å². The van der Waals surface area contributed by atoms with Crippen molar-refractivity contribution in [3.8, 4) is 23.0 Å². The number of rotatable bonds is 1. The zero-order valence-corrected chi connectivity index (χ0v) is 21.4. The summed E-state index contributed by atoms with van der Waals surface area (Å²) in [6.07, 6.45) is 12.5. The third-order valence-electron chi connectivity index (χ3n) is 10.6. The first-order chi connectivity index (χ1) is 17.9. The summed E-state index contributed by atoms with van der Waals surface area (Å²) in [4.78, 5) is 16.9. The molecule has 0 aliphatic heterocycles. The van der Waals surface area contributed by atoms with Crippen LogP contribution in [0.15, 0.2) is 65.5 Å². The van der Waals surface area contributed by atoms with E-state index in [0.717, 1.165) is 44.1 Å². The highest BCUT2D eigenvalue weighted by molar-refractivity contribution is 5.92. The molecule has 1 saturated carbocycles. The second-order valence-corrected chi connectivity index (χ2v) is 12.1. The Kier molecular flexibility index (Phi) is 5.00. The number of carbonyl (C=O) groups is 1. The summed E-state index contributed by atoms with van der Waals surface area (Å²) in [5.41, 5.74) is 7.91. The Morgan fingerprint density at radius 3 is 2.84 bits per heavy atom. The maximum Gasteiger partial charge on any atom is 0.155 e. The van der Waals surface area contributed by atoms with Gasteiger partial charge in [-0.25, -0.2) is 0 Å². The van der Waals surface area contributed by atoms with Crippen molar-refractivity contribution in [3.05, 3.63) is 76.6 Å². The maximum atomic E-state index is 12.6. The second kappa shape index (κ2) is 8.00. The van der Waals surface area contributed by atoms with Gasteiger partial charge in [0.2, 0.25) is 0 Å². The standard InChI is InChI=1S/C33H33NO3/c1-31-19-28-26-7-5-21(22-4-2-14-34-20-22)16-23(26)18-32-12-9-25(36)17-24(32)6-8-27(30(28)32)29(31)10-13-33(31,37)11-3-15-35/h2,4-5,7,14,16-17,20,28-29,35,37H,6,8-10,12-13,15,18-19H2,1H3/t28?,29-,31-,32+,33-/m0/s1. The number of fused-ring (bicyclic) bond motifs is 4. The van der Waals surface area contributed by atoms with Crippen molar-refractivity contribution in [2.24, 2.45) is 16.7 Å². The van der Waals surface area contributed by atoms with E-state index in [-0.39, 0.29) is 29.1 Å². The largest absolute Gasteiger partial charge is 0.384 e. The third kappa shape index (κ3) is 3.11. The van der Waals surface area contributed by atoms with Crippen LogP contribution in [-0.4, -0.2) is 33.2 Å². The van der Waals surface area contributed by atoms with Gasteiger partial charge >= 0.3 is 0 Å². The third-order valence-corrected chi connectivity index (χ3v) is 10.6. The van der Waals surface area contributed by atoms with Crippen molar-refractivity contribution in [1.82, 2.24) is 4.98 Å². The Balaban J connectivity index is 1.45. The number of allylic oxidation sites excluding steroid dienone is 4. The molecule has 1 aromatic carbocycles. The van der Waals surface area contributed by atoms with Crippen LogP contribution >= 0.6 is 0 Å². The van der Waals surface area contributed by atoms with Crippen LogP contribution in [0.25, 0.3) is 11.1 Å². The lowest BCUT2D eigenvalue weighted by atomic mass is 9.45. The Morgan fingerprint density at radius 1 is 1.14 bits per heavy atom. The summed E-state index contributed by atoms with van der Waals surface area (Å²) >= 11 is 0. The van der Waals surface area contributed by atoms with E-state index in [1.165, 1.54) is 27.8 Å². The quantitative estimate of drug-likeness (QED) is 0.420. The van der Waals surface area contributed by atoms with Crippen LogP contribution < -0.4 is 0 Å². The average Bonchev–Trinajstić information content (AvgIpc) is 3.18. The highest BCUT2D eigenvalue weighted by atomic mass is 16.3. The number of aliphatic hydroxyl groups excluding tert-OH is 1. The smallest absolute Gasteiger partial charge is 0.155 e. The fourth-order valence-electron chi connectivity index (χ4n) is 8.88. The molecule has 4 heteroatoms. The molecule has 1 unspecified atom stereocenters. The molecule has 7 rings (SSSR count). The number of nitrogens with zero attached hydrogens (tertiary/aromatic N) is 1. The van der Waals surface area contributed by atoms with Gasteiger partial charge in [0, 0.05) is 35.6 Å². The van der Waals surface area contributed by atoms with E-state index in [1.54, 1.807) is 11.8 Å². The molecular formula is C33H33NO3. The molecule has 2 aromatic rings. The first kappa shape index (κ1) is 23.1. The molecule has 5 aliphatic rings. The van der Waals surface area contributed by atoms with Gasteiger partial charge < -0.3 is 10.2 Å². The molecule has 5 atom stereocenters. The molecular weight excluding hydrogens is 458 g/mol. The maximum absolute atomic E-state index is 12.6. The monoisotopic (exact) mass is 491 g/mol. The molecule has 0 amide bonds. The number of hydrogen-bond acceptors (Lipinski definition) is 4. The van der Waals surface area contributed by atoms with E-state index >= 15 is 0 Å². The number of aromatic nitrogens is 1. The molecule has 1 heterocycles. The number of ketones is 1. The molecule has 1 fully saturated rings. The SMILES string of the molecule is C[C@]12CC3C4=C(CCC5=CC(=O)CC[C@@]54Cc4cc(-c5cccnc5)ccc43)[C@@H]1CC[C@@]2(O)C#CCO. The van der Waals surface area contributed by atoms with Crippen molar-refractivity contribution in [1.29, 1.82) is 0 Å². The highest BCUT2D eigenvalue weighted by Crippen LogP contribution is 2.70. The van der Waals surface area contributed by atoms with Crippen LogP contribution in [0.5, 0.6) is 0 Å². The number of aliphatic hydroxyl groups is 2. The fraction of sp³-hybridized carbons (Fsp3) is 0.455. The summed E-state index contributed by atoms with van der Waals surface area (Å²) in [5.74, 6) is 6.67. The van der Waals surface area contributed by atoms with Gasteiger partial charge in [-0.1, -0.05) is 59.7 Å². The first-order valence-corrected chi connectivity index (χ1v) is 13.7. The molecule has 5 aliphatic carbocycles. The average molecular weight is 492 g/mol. The number of benzene rings is 1. The molecule has 37 heavy (non-hydrogen) atoms. The number of carbonyl (C=O) groups excluding carboxylic acids is 1. The normalized spacial score (nSPS) is 35.4. The molecule has 0 bridgehead atoms. The van der Waals surface area contributed by atoms with Gasteiger partial charge in [0.15, 0.2) is 5.78 Å². The predicted molar refractivity (Wildman–Crippen MR) is 142 cm³/mol. The van der Waals surface area contributed by atoms with Crippen LogP contribution in [0.4, 0.5) is 0 Å². The summed E-state index contributed by atoms with van der Waals surface area (Å²) in [7, 11) is 0. The zero-order valence-electron chi connectivity index (χ0n) is 21.4. The topological polar surface area (TPSA) is 70.4 Å². The summed E-state index contributed by atoms with van der Waals surface area (Å²) < 4.78 is 0. The van der Waals surface area contributed by atoms with Crippen LogP contribution in [0, 0.1) is 28.6 Å². The highest BCUT2D eigenvalue weighted by Gasteiger charge is 2.64. The van der Waals surface area contributed by atoms with Crippen molar-refractivity contribution < 1.29 is 15.0 Å². The zero-order chi connectivity index (χ0) is 25.4. The van der Waals surface area contributed by atoms with Gasteiger partial charge in [-0.2, -0.15) is 0 Å². The van der Waals surface area contributed by atoms with Crippen molar-refractivity contribution in [3.63, 3.8) is 0 Å². The van der Waals surface area contributed by atoms with E-state index in [0.29, 0.717) is 18.8 Å². The molecule has 2 N–H and O–H groups in total. The number of hydrogen-bond donors (Lipinski definition) is 2. The van der Waals surface area contributed by atoms with Crippen molar-refractivity contribution >= 4 is 5.78 Å². The molecule has 0 radical (unpaired) electrons. The fourth-order valence-corrected chi connectivity index (χ4v) is 8.88. The van der Waals surface area contributed by atoms with Crippen molar-refractivity contribution in [2.75, 3.05) is 6.61 Å². The van der Waals surface area contributed by atoms with E-state index in [2.05, 4.69) is 48.0 Å². The van der Waals surface area contributed by atoms with Crippen LogP contribution in [0.3, 0.4) is 0 Å². The Hall–Kier alpha value is -3.00. The Bertz CT molecular complexity index is 1440. The number of pyridine rings is 1. The van der Waals surface area contributed by atoms with E-state index < -0.39 is 5.60 Å². The van der Waals surface area contributed by atoms with Gasteiger partial charge in [-0.3, -0.25) is 9.78 Å². The summed E-state index contributed by atoms with van der Waals surface area (Å²) in [5, 5.41) is 21.3. The van der Waals surface area contributed by atoms with Gasteiger partial charge in [0.25, 0.3) is 0 Å². The summed E-state index contributed by atoms with van der Waals surface area (Å²) in [6.45, 7) is 2.01. The minimum Gasteiger partial charge on any atom is -0.384 e. The second-order valence-electron chi connectivity index (χ2n) is 12.1. The first-order valence-electron chi connectivity index (χ1n) is 13.7.